The van der Waals surface area contributed by atoms with Crippen molar-refractivity contribution >= 4 is 18.3 Å². The molecule has 12 heavy (non-hydrogen) atoms. The van der Waals surface area contributed by atoms with Gasteiger partial charge in [-0.3, -0.25) is 10.2 Å². The van der Waals surface area contributed by atoms with E-state index in [2.05, 4.69) is 5.43 Å². The molecule has 0 spiro atoms. The van der Waals surface area contributed by atoms with Crippen molar-refractivity contribution in [3.05, 3.63) is 24.4 Å². The Morgan fingerprint density at radius 2 is 2.33 bits per heavy atom. The smallest absolute Gasteiger partial charge is 0.253 e. The first-order valence-electron chi connectivity index (χ1n) is 3.40. The number of hydrogen-bond donors (Lipinski definition) is 2. The van der Waals surface area contributed by atoms with E-state index >= 15 is 0 Å². The van der Waals surface area contributed by atoms with E-state index < -0.39 is 0 Å². The van der Waals surface area contributed by atoms with Gasteiger partial charge in [0.15, 0.2) is 0 Å². The number of hydrogen-bond acceptors (Lipinski definition) is 3. The van der Waals surface area contributed by atoms with Crippen molar-refractivity contribution in [1.82, 2.24) is 10.3 Å². The van der Waals surface area contributed by atoms with E-state index in [1.54, 1.807) is 0 Å². The number of hydrazine groups is 1. The maximum atomic E-state index is 10.7. The monoisotopic (exact) mass is 189 g/mol. The van der Waals surface area contributed by atoms with Crippen LogP contribution in [-0.2, 0) is 4.79 Å². The lowest BCUT2D eigenvalue weighted by Crippen LogP contribution is -2.38. The van der Waals surface area contributed by atoms with Gasteiger partial charge in [-0.2, -0.15) is 0 Å². The van der Waals surface area contributed by atoms with E-state index in [0.717, 1.165) is 6.54 Å². The van der Waals surface area contributed by atoms with E-state index in [1.165, 1.54) is 0 Å². The van der Waals surface area contributed by atoms with Gasteiger partial charge in [-0.05, 0) is 12.3 Å². The summed E-state index contributed by atoms with van der Waals surface area (Å²) in [5.41, 5.74) is 2.07. The number of nitrogens with zero attached hydrogens (tertiary/aromatic N) is 1. The fraction of sp³-hybridized carbons (Fsp3) is 0.286. The molecule has 0 bridgehead atoms. The summed E-state index contributed by atoms with van der Waals surface area (Å²) in [6.07, 6.45) is 7.66. The van der Waals surface area contributed by atoms with Crippen molar-refractivity contribution in [2.24, 2.45) is 5.84 Å². The van der Waals surface area contributed by atoms with Gasteiger partial charge < -0.3 is 4.90 Å². The number of halogens is 1. The largest absolute Gasteiger partial charge is 0.364 e. The molecular weight excluding hydrogens is 178 g/mol. The van der Waals surface area contributed by atoms with Gasteiger partial charge in [0.2, 0.25) is 0 Å². The minimum atomic E-state index is -0.176. The standard InChI is InChI=1S/C7H11N3O.ClH/c8-9-7(11)6-10-4-2-1-3-5-10;/h1-4H,5-6,8H2,(H,9,11);1H. The molecule has 0 aromatic heterocycles. The lowest BCUT2D eigenvalue weighted by Gasteiger charge is -2.18. The van der Waals surface area contributed by atoms with E-state index in [0.29, 0.717) is 6.54 Å². The maximum Gasteiger partial charge on any atom is 0.253 e. The average Bonchev–Trinajstić information content (AvgIpc) is 2.06. The maximum absolute atomic E-state index is 10.7. The second-order valence-electron chi connectivity index (χ2n) is 2.27. The van der Waals surface area contributed by atoms with Crippen LogP contribution in [0, 0.1) is 0 Å². The Labute approximate surface area is 77.5 Å². The SMILES string of the molecule is Cl.NNC(=O)CN1C=CC=CC1. The van der Waals surface area contributed by atoms with Gasteiger partial charge in [0.25, 0.3) is 5.91 Å². The van der Waals surface area contributed by atoms with E-state index in [4.69, 9.17) is 5.84 Å². The van der Waals surface area contributed by atoms with Crippen LogP contribution in [0.3, 0.4) is 0 Å². The highest BCUT2D eigenvalue weighted by Crippen LogP contribution is 1.96. The van der Waals surface area contributed by atoms with E-state index in [-0.39, 0.29) is 18.3 Å². The molecule has 0 fully saturated rings. The summed E-state index contributed by atoms with van der Waals surface area (Å²) in [5.74, 6) is 4.74. The number of allylic oxidation sites excluding steroid dienone is 2. The van der Waals surface area contributed by atoms with Crippen LogP contribution in [-0.4, -0.2) is 23.9 Å². The van der Waals surface area contributed by atoms with Crippen molar-refractivity contribution in [1.29, 1.82) is 0 Å². The third kappa shape index (κ3) is 3.41. The van der Waals surface area contributed by atoms with Crippen molar-refractivity contribution < 1.29 is 4.79 Å². The Hall–Kier alpha value is -1.00. The summed E-state index contributed by atoms with van der Waals surface area (Å²) in [4.78, 5) is 12.6. The first-order valence-corrected chi connectivity index (χ1v) is 3.40. The molecule has 0 atom stereocenters. The number of carbonyl (C=O) groups excluding carboxylic acids is 1. The summed E-state index contributed by atoms with van der Waals surface area (Å²) in [6.45, 7) is 1.08. The normalized spacial score (nSPS) is 13.9. The summed E-state index contributed by atoms with van der Waals surface area (Å²) < 4.78 is 0. The van der Waals surface area contributed by atoms with Gasteiger partial charge in [-0.15, -0.1) is 12.4 Å². The Bertz CT molecular complexity index is 203. The molecule has 68 valence electrons. The van der Waals surface area contributed by atoms with Crippen molar-refractivity contribution in [2.75, 3.05) is 13.1 Å². The number of carbonyl (C=O) groups is 1. The highest BCUT2D eigenvalue weighted by atomic mass is 35.5. The molecular formula is C7H12ClN3O. The zero-order chi connectivity index (χ0) is 8.10. The molecule has 0 aromatic rings. The molecule has 1 amide bonds. The van der Waals surface area contributed by atoms with Crippen LogP contribution in [0.25, 0.3) is 0 Å². The predicted molar refractivity (Wildman–Crippen MR) is 49.4 cm³/mol. The molecule has 5 heteroatoms. The zero-order valence-corrected chi connectivity index (χ0v) is 7.38. The van der Waals surface area contributed by atoms with Gasteiger partial charge in [0.1, 0.15) is 0 Å². The lowest BCUT2D eigenvalue weighted by molar-refractivity contribution is -0.121. The van der Waals surface area contributed by atoms with Crippen molar-refractivity contribution in [2.45, 2.75) is 0 Å². The average molecular weight is 190 g/mol. The Balaban J connectivity index is 0.00000121. The second-order valence-corrected chi connectivity index (χ2v) is 2.27. The molecule has 0 aliphatic carbocycles. The molecule has 4 nitrogen and oxygen atoms in total. The van der Waals surface area contributed by atoms with Gasteiger partial charge in [0, 0.05) is 6.54 Å². The molecule has 1 aliphatic heterocycles. The van der Waals surface area contributed by atoms with Crippen molar-refractivity contribution in [3.8, 4) is 0 Å². The fourth-order valence-electron chi connectivity index (χ4n) is 0.854. The van der Waals surface area contributed by atoms with Gasteiger partial charge >= 0.3 is 0 Å². The van der Waals surface area contributed by atoms with Crippen molar-refractivity contribution in [3.63, 3.8) is 0 Å². The summed E-state index contributed by atoms with van der Waals surface area (Å²) in [6, 6.07) is 0. The summed E-state index contributed by atoms with van der Waals surface area (Å²) in [7, 11) is 0. The summed E-state index contributed by atoms with van der Waals surface area (Å²) in [5, 5.41) is 0. The molecule has 1 heterocycles. The van der Waals surface area contributed by atoms with Gasteiger partial charge in [-0.1, -0.05) is 12.2 Å². The molecule has 1 aliphatic rings. The molecule has 0 saturated carbocycles. The summed E-state index contributed by atoms with van der Waals surface area (Å²) >= 11 is 0. The van der Waals surface area contributed by atoms with Crippen LogP contribution in [0.15, 0.2) is 24.4 Å². The second kappa shape index (κ2) is 5.62. The van der Waals surface area contributed by atoms with Crippen LogP contribution in [0.4, 0.5) is 0 Å². The Kier molecular flexibility index (Phi) is 5.16. The molecule has 0 saturated heterocycles. The minimum Gasteiger partial charge on any atom is -0.364 e. The van der Waals surface area contributed by atoms with Crippen LogP contribution in [0.1, 0.15) is 0 Å². The number of rotatable bonds is 2. The molecule has 0 radical (unpaired) electrons. The van der Waals surface area contributed by atoms with E-state index in [1.807, 2.05) is 29.3 Å². The third-order valence-electron chi connectivity index (χ3n) is 1.39. The van der Waals surface area contributed by atoms with Crippen LogP contribution in [0.2, 0.25) is 0 Å². The highest BCUT2D eigenvalue weighted by molar-refractivity contribution is 5.85. The van der Waals surface area contributed by atoms with Crippen LogP contribution >= 0.6 is 12.4 Å². The van der Waals surface area contributed by atoms with Gasteiger partial charge in [0.05, 0.1) is 6.54 Å². The Morgan fingerprint density at radius 1 is 1.58 bits per heavy atom. The zero-order valence-electron chi connectivity index (χ0n) is 6.56. The molecule has 0 unspecified atom stereocenters. The topological polar surface area (TPSA) is 58.4 Å². The number of amides is 1. The highest BCUT2D eigenvalue weighted by Gasteiger charge is 2.04. The fourth-order valence-corrected chi connectivity index (χ4v) is 0.854. The Morgan fingerprint density at radius 3 is 2.83 bits per heavy atom. The predicted octanol–water partition coefficient (Wildman–Crippen LogP) is -0.216. The molecule has 0 aromatic carbocycles. The van der Waals surface area contributed by atoms with Crippen LogP contribution < -0.4 is 11.3 Å². The number of nitrogens with one attached hydrogen (secondary N) is 1. The number of nitrogens with two attached hydrogens (primary N) is 1. The first-order chi connectivity index (χ1) is 5.33. The first kappa shape index (κ1) is 11.0. The minimum absolute atomic E-state index is 0. The molecule has 3 N–H and O–H groups in total. The lowest BCUT2D eigenvalue weighted by atomic mass is 10.3. The van der Waals surface area contributed by atoms with Gasteiger partial charge in [-0.25, -0.2) is 5.84 Å². The quantitative estimate of drug-likeness (QED) is 0.359. The molecule has 1 rings (SSSR count). The van der Waals surface area contributed by atoms with Crippen LogP contribution in [0.5, 0.6) is 0 Å². The third-order valence-corrected chi connectivity index (χ3v) is 1.39. The van der Waals surface area contributed by atoms with E-state index in [9.17, 15) is 4.79 Å².